The van der Waals surface area contributed by atoms with E-state index in [1.54, 1.807) is 0 Å². The van der Waals surface area contributed by atoms with Gasteiger partial charge >= 0.3 is 0 Å². The number of fused-ring (bicyclic) bond motifs is 1. The van der Waals surface area contributed by atoms with Gasteiger partial charge in [0.05, 0.1) is 17.1 Å². The second-order valence-corrected chi connectivity index (χ2v) is 5.07. The second kappa shape index (κ2) is 2.84. The summed E-state index contributed by atoms with van der Waals surface area (Å²) < 4.78 is 0. The minimum absolute atomic E-state index is 0.00810. The van der Waals surface area contributed by atoms with Gasteiger partial charge in [0.2, 0.25) is 0 Å². The van der Waals surface area contributed by atoms with E-state index in [9.17, 15) is 10.4 Å². The summed E-state index contributed by atoms with van der Waals surface area (Å²) in [4.78, 5) is 0. The largest absolute Gasteiger partial charge is 0.389 e. The van der Waals surface area contributed by atoms with E-state index in [-0.39, 0.29) is 11.3 Å². The Morgan fingerprint density at radius 1 is 1.50 bits per heavy atom. The number of hydrogen-bond donors (Lipinski definition) is 1. The van der Waals surface area contributed by atoms with Crippen LogP contribution in [-0.4, -0.2) is 10.7 Å². The van der Waals surface area contributed by atoms with Gasteiger partial charge in [0.15, 0.2) is 0 Å². The van der Waals surface area contributed by atoms with Crippen molar-refractivity contribution in [2.45, 2.75) is 44.6 Å². The summed E-state index contributed by atoms with van der Waals surface area (Å²) in [5.74, 6) is 0.00810. The molecule has 0 aromatic heterocycles. The van der Waals surface area contributed by atoms with Crippen molar-refractivity contribution in [3.8, 4) is 6.07 Å². The van der Waals surface area contributed by atoms with Crippen LogP contribution in [0.3, 0.4) is 0 Å². The van der Waals surface area contributed by atoms with E-state index in [1.807, 2.05) is 6.92 Å². The van der Waals surface area contributed by atoms with Gasteiger partial charge in [0.1, 0.15) is 0 Å². The molecule has 0 spiro atoms. The molecule has 2 rings (SSSR count). The van der Waals surface area contributed by atoms with Crippen molar-refractivity contribution in [2.24, 2.45) is 11.3 Å². The Hall–Kier alpha value is -0.810. The summed E-state index contributed by atoms with van der Waals surface area (Å²) in [5.41, 5.74) is 0.0664. The zero-order valence-corrected chi connectivity index (χ0v) is 8.71. The lowest BCUT2D eigenvalue weighted by Gasteiger charge is -2.44. The molecule has 1 N–H and O–H groups in total. The molecule has 3 atom stereocenters. The summed E-state index contributed by atoms with van der Waals surface area (Å²) in [7, 11) is 0. The summed E-state index contributed by atoms with van der Waals surface area (Å²) in [6, 6.07) is 2.44. The molecule has 2 nitrogen and oxygen atoms in total. The summed E-state index contributed by atoms with van der Waals surface area (Å²) in [6.45, 7) is 5.88. The van der Waals surface area contributed by atoms with Gasteiger partial charge in [0, 0.05) is 5.92 Å². The average Bonchev–Trinajstić information content (AvgIpc) is 2.45. The Labute approximate surface area is 85.2 Å². The highest BCUT2D eigenvalue weighted by atomic mass is 16.3. The lowest BCUT2D eigenvalue weighted by atomic mass is 9.62. The van der Waals surface area contributed by atoms with Crippen molar-refractivity contribution >= 4 is 0 Å². The molecule has 0 amide bonds. The molecule has 2 fully saturated rings. The van der Waals surface area contributed by atoms with Crippen LogP contribution in [0.5, 0.6) is 0 Å². The monoisotopic (exact) mass is 191 g/mol. The molecule has 0 aromatic carbocycles. The molecule has 0 aliphatic heterocycles. The fourth-order valence-corrected chi connectivity index (χ4v) is 3.45. The van der Waals surface area contributed by atoms with Gasteiger partial charge in [-0.15, -0.1) is 0 Å². The van der Waals surface area contributed by atoms with Crippen LogP contribution in [0.1, 0.15) is 39.0 Å². The fraction of sp³-hybridized carbons (Fsp3) is 0.750. The van der Waals surface area contributed by atoms with Crippen molar-refractivity contribution < 1.29 is 5.11 Å². The minimum atomic E-state index is -0.707. The molecule has 2 aliphatic rings. The van der Waals surface area contributed by atoms with E-state index in [0.717, 1.165) is 37.7 Å². The first-order valence-corrected chi connectivity index (χ1v) is 5.33. The van der Waals surface area contributed by atoms with Gasteiger partial charge in [-0.3, -0.25) is 0 Å². The highest BCUT2D eigenvalue weighted by molar-refractivity contribution is 5.27. The summed E-state index contributed by atoms with van der Waals surface area (Å²) in [5, 5.41) is 19.6. The van der Waals surface area contributed by atoms with Crippen LogP contribution in [0.4, 0.5) is 0 Å². The molecule has 14 heavy (non-hydrogen) atoms. The van der Waals surface area contributed by atoms with Crippen LogP contribution in [0.15, 0.2) is 12.2 Å². The molecule has 0 bridgehead atoms. The van der Waals surface area contributed by atoms with Gasteiger partial charge in [-0.25, -0.2) is 0 Å². The molecule has 0 radical (unpaired) electrons. The van der Waals surface area contributed by atoms with Crippen molar-refractivity contribution in [1.82, 2.24) is 0 Å². The van der Waals surface area contributed by atoms with Gasteiger partial charge < -0.3 is 5.11 Å². The number of hydrogen-bond acceptors (Lipinski definition) is 2. The lowest BCUT2D eigenvalue weighted by Crippen LogP contribution is -2.46. The third-order valence-electron chi connectivity index (χ3n) is 4.00. The van der Waals surface area contributed by atoms with Crippen molar-refractivity contribution in [3.63, 3.8) is 0 Å². The lowest BCUT2D eigenvalue weighted by molar-refractivity contribution is -0.0538. The number of nitrogens with zero attached hydrogens (tertiary/aromatic N) is 1. The number of aliphatic hydroxyl groups is 1. The minimum Gasteiger partial charge on any atom is -0.389 e. The van der Waals surface area contributed by atoms with Crippen LogP contribution in [0.25, 0.3) is 0 Å². The first-order chi connectivity index (χ1) is 6.52. The number of nitriles is 1. The first kappa shape index (κ1) is 9.73. The van der Waals surface area contributed by atoms with Crippen LogP contribution >= 0.6 is 0 Å². The van der Waals surface area contributed by atoms with Gasteiger partial charge in [-0.2, -0.15) is 5.26 Å². The van der Waals surface area contributed by atoms with Crippen molar-refractivity contribution in [2.75, 3.05) is 0 Å². The Morgan fingerprint density at radius 2 is 2.21 bits per heavy atom. The van der Waals surface area contributed by atoms with E-state index < -0.39 is 5.60 Å². The van der Waals surface area contributed by atoms with E-state index in [2.05, 4.69) is 12.6 Å². The predicted molar refractivity (Wildman–Crippen MR) is 54.4 cm³/mol. The zero-order valence-electron chi connectivity index (χ0n) is 8.71. The maximum atomic E-state index is 10.3. The van der Waals surface area contributed by atoms with Gasteiger partial charge in [0.25, 0.3) is 0 Å². The highest BCUT2D eigenvalue weighted by Crippen LogP contribution is 2.57. The third kappa shape index (κ3) is 1.12. The normalized spacial score (nSPS) is 47.2. The summed E-state index contributed by atoms with van der Waals surface area (Å²) in [6.07, 6.45) is 4.51. The Balaban J connectivity index is 2.42. The van der Waals surface area contributed by atoms with Crippen LogP contribution in [0, 0.1) is 22.7 Å². The summed E-state index contributed by atoms with van der Waals surface area (Å²) >= 11 is 0. The molecule has 2 aliphatic carbocycles. The Morgan fingerprint density at radius 3 is 2.79 bits per heavy atom. The molecule has 0 aromatic rings. The topological polar surface area (TPSA) is 44.0 Å². The van der Waals surface area contributed by atoms with E-state index >= 15 is 0 Å². The van der Waals surface area contributed by atoms with E-state index in [0.29, 0.717) is 0 Å². The zero-order chi connectivity index (χ0) is 10.4. The second-order valence-electron chi connectivity index (χ2n) is 5.07. The SMILES string of the molecule is C=C1CC[C@@]2(C#N)CCC[C@@](C)(O)[C@@H]12. The maximum Gasteiger partial charge on any atom is 0.0700 e. The molecule has 2 saturated carbocycles. The Kier molecular flexibility index (Phi) is 1.97. The van der Waals surface area contributed by atoms with Gasteiger partial charge in [-0.1, -0.05) is 12.2 Å². The molecule has 0 heterocycles. The molecular weight excluding hydrogens is 174 g/mol. The fourth-order valence-electron chi connectivity index (χ4n) is 3.45. The highest BCUT2D eigenvalue weighted by Gasteiger charge is 2.55. The molecule has 0 unspecified atom stereocenters. The van der Waals surface area contributed by atoms with Crippen molar-refractivity contribution in [1.29, 1.82) is 5.26 Å². The van der Waals surface area contributed by atoms with Gasteiger partial charge in [-0.05, 0) is 39.0 Å². The molecular formula is C12H17NO. The van der Waals surface area contributed by atoms with E-state index in [4.69, 9.17) is 0 Å². The van der Waals surface area contributed by atoms with Crippen LogP contribution in [-0.2, 0) is 0 Å². The van der Waals surface area contributed by atoms with E-state index in [1.165, 1.54) is 0 Å². The molecule has 2 heteroatoms. The van der Waals surface area contributed by atoms with Crippen LogP contribution in [0.2, 0.25) is 0 Å². The number of rotatable bonds is 0. The first-order valence-electron chi connectivity index (χ1n) is 5.33. The molecule has 0 saturated heterocycles. The standard InChI is InChI=1S/C12H17NO/c1-9-4-7-12(8-13)6-3-5-11(2,14)10(9)12/h10,14H,1,3-7H2,2H3/t10-,11-,12-/m1/s1. The average molecular weight is 191 g/mol. The quantitative estimate of drug-likeness (QED) is 0.597. The predicted octanol–water partition coefficient (Wildman–Crippen LogP) is 2.40. The smallest absolute Gasteiger partial charge is 0.0700 e. The maximum absolute atomic E-state index is 10.3. The Bertz CT molecular complexity index is 313. The molecule has 76 valence electrons. The van der Waals surface area contributed by atoms with Crippen LogP contribution < -0.4 is 0 Å². The van der Waals surface area contributed by atoms with Crippen molar-refractivity contribution in [3.05, 3.63) is 12.2 Å². The third-order valence-corrected chi connectivity index (χ3v) is 4.00.